The van der Waals surface area contributed by atoms with Crippen LogP contribution in [0.2, 0.25) is 0 Å². The molecule has 0 bridgehead atoms. The third kappa shape index (κ3) is 4.43. The van der Waals surface area contributed by atoms with Crippen molar-refractivity contribution in [2.24, 2.45) is 10.8 Å². The Hall–Kier alpha value is -1.14. The van der Waals surface area contributed by atoms with E-state index in [9.17, 15) is 14.8 Å². The van der Waals surface area contributed by atoms with Gasteiger partial charge in [-0.2, -0.15) is 5.06 Å². The van der Waals surface area contributed by atoms with Gasteiger partial charge in [0.05, 0.1) is 10.8 Å². The summed E-state index contributed by atoms with van der Waals surface area (Å²) < 4.78 is 0. The summed E-state index contributed by atoms with van der Waals surface area (Å²) >= 11 is 0. The number of unbranched alkanes of at least 4 members (excludes halogenated alkanes) is 2. The van der Waals surface area contributed by atoms with Gasteiger partial charge in [-0.1, -0.05) is 12.8 Å². The predicted molar refractivity (Wildman–Crippen MR) is 79.7 cm³/mol. The molecule has 6 nitrogen and oxygen atoms in total. The fraction of sp³-hybridized carbons (Fsp3) is 0.875. The highest BCUT2D eigenvalue weighted by Crippen LogP contribution is 2.50. The quantitative estimate of drug-likeness (QED) is 0.378. The summed E-state index contributed by atoms with van der Waals surface area (Å²) in [7, 11) is 0. The van der Waals surface area contributed by atoms with Crippen LogP contribution in [0.15, 0.2) is 0 Å². The Balaban J connectivity index is 1.47. The number of rotatable bonds is 12. The van der Waals surface area contributed by atoms with Crippen LogP contribution in [0.25, 0.3) is 0 Å². The molecule has 0 aromatic heterocycles. The van der Waals surface area contributed by atoms with E-state index in [0.29, 0.717) is 25.9 Å². The number of carbonyl (C=O) groups is 2. The van der Waals surface area contributed by atoms with Crippen molar-refractivity contribution in [2.75, 3.05) is 13.1 Å². The first-order chi connectivity index (χ1) is 10.4. The van der Waals surface area contributed by atoms with Gasteiger partial charge in [0, 0.05) is 13.1 Å². The normalized spacial score (nSPS) is 20.8. The maximum Gasteiger partial charge on any atom is 0.309 e. The van der Waals surface area contributed by atoms with Gasteiger partial charge in [0.25, 0.3) is 0 Å². The van der Waals surface area contributed by atoms with Crippen LogP contribution in [0.4, 0.5) is 0 Å². The number of hydrogen-bond donors (Lipinski definition) is 3. The molecule has 0 radical (unpaired) electrons. The molecule has 2 rings (SSSR count). The lowest BCUT2D eigenvalue weighted by atomic mass is 9.99. The van der Waals surface area contributed by atoms with E-state index in [1.54, 1.807) is 0 Å². The molecule has 0 unspecified atom stereocenters. The second-order valence-corrected chi connectivity index (χ2v) is 7.04. The van der Waals surface area contributed by atoms with Crippen molar-refractivity contribution >= 4 is 11.9 Å². The van der Waals surface area contributed by atoms with Gasteiger partial charge in [-0.15, -0.1) is 0 Å². The maximum absolute atomic E-state index is 11.0. The highest BCUT2D eigenvalue weighted by atomic mass is 16.5. The summed E-state index contributed by atoms with van der Waals surface area (Å²) in [6, 6.07) is 0. The van der Waals surface area contributed by atoms with Crippen molar-refractivity contribution in [3.63, 3.8) is 0 Å². The first-order valence-electron chi connectivity index (χ1n) is 8.31. The Morgan fingerprint density at radius 3 is 1.41 bits per heavy atom. The van der Waals surface area contributed by atoms with Gasteiger partial charge >= 0.3 is 11.9 Å². The Morgan fingerprint density at radius 2 is 1.14 bits per heavy atom. The standard InChI is InChI=1S/C16H27NO5/c18-13(19)15(7-8-15)5-1-3-11-17(22)12-4-2-6-16(9-10-16)14(20)21/h22H,1-12H2,(H,18,19)(H,20,21). The van der Waals surface area contributed by atoms with Crippen molar-refractivity contribution < 1.29 is 25.0 Å². The lowest BCUT2D eigenvalue weighted by molar-refractivity contribution is -0.144. The summed E-state index contributed by atoms with van der Waals surface area (Å²) in [5, 5.41) is 29.2. The molecule has 2 aliphatic carbocycles. The molecule has 0 saturated heterocycles. The van der Waals surface area contributed by atoms with E-state index in [0.717, 1.165) is 51.4 Å². The molecule has 0 amide bonds. The van der Waals surface area contributed by atoms with Crippen LogP contribution in [-0.4, -0.2) is 45.5 Å². The first kappa shape index (κ1) is 17.2. The van der Waals surface area contributed by atoms with Crippen molar-refractivity contribution in [3.8, 4) is 0 Å². The van der Waals surface area contributed by atoms with Crippen LogP contribution in [0.5, 0.6) is 0 Å². The third-order valence-electron chi connectivity index (χ3n) is 5.26. The molecule has 0 spiro atoms. The van der Waals surface area contributed by atoms with Crippen LogP contribution in [0.1, 0.15) is 64.2 Å². The summed E-state index contributed by atoms with van der Waals surface area (Å²) in [5.41, 5.74) is -0.925. The van der Waals surface area contributed by atoms with Crippen LogP contribution < -0.4 is 0 Å². The minimum atomic E-state index is -0.680. The van der Waals surface area contributed by atoms with Crippen LogP contribution >= 0.6 is 0 Å². The largest absolute Gasteiger partial charge is 0.481 e. The lowest BCUT2D eigenvalue weighted by Gasteiger charge is -2.16. The monoisotopic (exact) mass is 313 g/mol. The number of aliphatic carboxylic acids is 2. The van der Waals surface area contributed by atoms with Gasteiger partial charge in [-0.25, -0.2) is 0 Å². The van der Waals surface area contributed by atoms with Gasteiger partial charge in [0.15, 0.2) is 0 Å². The number of hydrogen-bond acceptors (Lipinski definition) is 4. The Morgan fingerprint density at radius 1 is 0.773 bits per heavy atom. The molecule has 0 atom stereocenters. The lowest BCUT2D eigenvalue weighted by Crippen LogP contribution is -2.23. The molecule has 22 heavy (non-hydrogen) atoms. The molecular formula is C16H27NO5. The highest BCUT2D eigenvalue weighted by molar-refractivity contribution is 5.78. The minimum Gasteiger partial charge on any atom is -0.481 e. The van der Waals surface area contributed by atoms with Crippen molar-refractivity contribution in [1.82, 2.24) is 5.06 Å². The van der Waals surface area contributed by atoms with E-state index < -0.39 is 22.8 Å². The minimum absolute atomic E-state index is 0.463. The zero-order chi connectivity index (χ0) is 16.2. The van der Waals surface area contributed by atoms with Gasteiger partial charge in [-0.3, -0.25) is 9.59 Å². The summed E-state index contributed by atoms with van der Waals surface area (Å²) in [6.45, 7) is 1.11. The highest BCUT2D eigenvalue weighted by Gasteiger charge is 2.49. The Labute approximate surface area is 131 Å². The van der Waals surface area contributed by atoms with Crippen molar-refractivity contribution in [1.29, 1.82) is 0 Å². The molecule has 6 heteroatoms. The maximum atomic E-state index is 11.0. The molecule has 2 aliphatic rings. The smallest absolute Gasteiger partial charge is 0.309 e. The Bertz CT molecular complexity index is 377. The molecular weight excluding hydrogens is 286 g/mol. The van der Waals surface area contributed by atoms with Crippen LogP contribution in [-0.2, 0) is 9.59 Å². The zero-order valence-corrected chi connectivity index (χ0v) is 13.1. The second kappa shape index (κ2) is 6.96. The zero-order valence-electron chi connectivity index (χ0n) is 13.1. The second-order valence-electron chi connectivity index (χ2n) is 7.04. The number of carboxylic acids is 2. The molecule has 2 saturated carbocycles. The molecule has 0 aliphatic heterocycles. The first-order valence-corrected chi connectivity index (χ1v) is 8.31. The van der Waals surface area contributed by atoms with Gasteiger partial charge in [0.2, 0.25) is 0 Å². The summed E-state index contributed by atoms with van der Waals surface area (Å²) in [5.74, 6) is -1.36. The van der Waals surface area contributed by atoms with Gasteiger partial charge < -0.3 is 15.4 Å². The molecule has 0 heterocycles. The number of nitrogens with zero attached hydrogens (tertiary/aromatic N) is 1. The molecule has 3 N–H and O–H groups in total. The molecule has 0 aromatic rings. The Kier molecular flexibility index (Phi) is 5.45. The van der Waals surface area contributed by atoms with Crippen LogP contribution in [0.3, 0.4) is 0 Å². The fourth-order valence-electron chi connectivity index (χ4n) is 3.07. The van der Waals surface area contributed by atoms with Gasteiger partial charge in [0.1, 0.15) is 0 Å². The van der Waals surface area contributed by atoms with Gasteiger partial charge in [-0.05, 0) is 51.4 Å². The van der Waals surface area contributed by atoms with E-state index in [1.165, 1.54) is 5.06 Å². The van der Waals surface area contributed by atoms with Crippen LogP contribution in [0, 0.1) is 10.8 Å². The van der Waals surface area contributed by atoms with E-state index in [-0.39, 0.29) is 0 Å². The summed E-state index contributed by atoms with van der Waals surface area (Å²) in [6.07, 6.45) is 7.81. The molecule has 0 aromatic carbocycles. The SMILES string of the molecule is O=C(O)C1(CCCCN(O)CCCCC2(C(=O)O)CC2)CC1. The third-order valence-corrected chi connectivity index (χ3v) is 5.26. The van der Waals surface area contributed by atoms with E-state index >= 15 is 0 Å². The number of carboxylic acid groups (broad SMARTS) is 2. The summed E-state index contributed by atoms with van der Waals surface area (Å²) in [4.78, 5) is 22.0. The fourth-order valence-corrected chi connectivity index (χ4v) is 3.07. The van der Waals surface area contributed by atoms with E-state index in [2.05, 4.69) is 0 Å². The number of hydroxylamine groups is 2. The van der Waals surface area contributed by atoms with Crippen molar-refractivity contribution in [2.45, 2.75) is 64.2 Å². The predicted octanol–water partition coefficient (Wildman–Crippen LogP) is 2.75. The van der Waals surface area contributed by atoms with Crippen molar-refractivity contribution in [3.05, 3.63) is 0 Å². The van der Waals surface area contributed by atoms with E-state index in [1.807, 2.05) is 0 Å². The average molecular weight is 313 g/mol. The topological polar surface area (TPSA) is 98.1 Å². The average Bonchev–Trinajstić information content (AvgIpc) is 3.35. The van der Waals surface area contributed by atoms with E-state index in [4.69, 9.17) is 10.2 Å². The molecule has 2 fully saturated rings. The molecule has 126 valence electrons.